The molecule has 0 fully saturated rings. The van der Waals surface area contributed by atoms with Crippen LogP contribution in [0.1, 0.15) is 39.4 Å². The molecule has 2 aromatic carbocycles. The molecule has 6 nitrogen and oxygen atoms in total. The van der Waals surface area contributed by atoms with Crippen molar-refractivity contribution in [2.45, 2.75) is 18.9 Å². The van der Waals surface area contributed by atoms with E-state index in [1.165, 1.54) is 7.11 Å². The smallest absolute Gasteiger partial charge is 0.337 e. The van der Waals surface area contributed by atoms with Crippen molar-refractivity contribution in [2.24, 2.45) is 0 Å². The molecule has 6 heteroatoms. The highest BCUT2D eigenvalue weighted by atomic mass is 16.5. The van der Waals surface area contributed by atoms with Gasteiger partial charge in [-0.05, 0) is 23.3 Å². The Labute approximate surface area is 156 Å². The molecule has 0 spiro atoms. The van der Waals surface area contributed by atoms with Gasteiger partial charge in [0.05, 0.1) is 25.4 Å². The van der Waals surface area contributed by atoms with Crippen molar-refractivity contribution in [3.8, 4) is 0 Å². The van der Waals surface area contributed by atoms with E-state index in [2.05, 4.69) is 10.4 Å². The number of ether oxygens (including phenoxy) is 1. The zero-order valence-electron chi connectivity index (χ0n) is 14.9. The summed E-state index contributed by atoms with van der Waals surface area (Å²) in [6.07, 6.45) is 2.11. The van der Waals surface area contributed by atoms with Gasteiger partial charge in [-0.3, -0.25) is 4.79 Å². The monoisotopic (exact) mass is 361 g/mol. The second-order valence-corrected chi connectivity index (χ2v) is 6.51. The van der Waals surface area contributed by atoms with Crippen molar-refractivity contribution in [2.75, 3.05) is 12.4 Å². The largest absolute Gasteiger partial charge is 0.465 e. The Morgan fingerprint density at radius 2 is 2.04 bits per heavy atom. The number of nitrogens with zero attached hydrogens (tertiary/aromatic N) is 2. The van der Waals surface area contributed by atoms with Crippen LogP contribution in [0.15, 0.2) is 60.8 Å². The minimum absolute atomic E-state index is 0.0641. The average Bonchev–Trinajstić information content (AvgIpc) is 3.10. The number of aromatic nitrogens is 2. The molecule has 27 heavy (non-hydrogen) atoms. The third-order valence-electron chi connectivity index (χ3n) is 4.78. The molecule has 1 amide bonds. The molecule has 1 aliphatic rings. The van der Waals surface area contributed by atoms with E-state index < -0.39 is 5.97 Å². The third kappa shape index (κ3) is 3.33. The molecule has 3 aromatic rings. The van der Waals surface area contributed by atoms with E-state index in [-0.39, 0.29) is 11.8 Å². The second-order valence-electron chi connectivity index (χ2n) is 6.51. The maximum Gasteiger partial charge on any atom is 0.337 e. The van der Waals surface area contributed by atoms with Gasteiger partial charge in [0.15, 0.2) is 0 Å². The van der Waals surface area contributed by atoms with Crippen LogP contribution in [0.25, 0.3) is 0 Å². The predicted molar refractivity (Wildman–Crippen MR) is 101 cm³/mol. The normalized spacial score (nSPS) is 15.7. The van der Waals surface area contributed by atoms with Crippen LogP contribution in [0, 0.1) is 0 Å². The van der Waals surface area contributed by atoms with E-state index >= 15 is 0 Å². The average molecular weight is 361 g/mol. The van der Waals surface area contributed by atoms with Crippen molar-refractivity contribution in [3.63, 3.8) is 0 Å². The molecule has 0 aliphatic carbocycles. The molecule has 0 saturated heterocycles. The fourth-order valence-corrected chi connectivity index (χ4v) is 3.44. The summed E-state index contributed by atoms with van der Waals surface area (Å²) in [4.78, 5) is 24.2. The van der Waals surface area contributed by atoms with Crippen molar-refractivity contribution < 1.29 is 14.3 Å². The molecular weight excluding hydrogens is 342 g/mol. The molecule has 0 unspecified atom stereocenters. The number of carbonyl (C=O) groups excluding carboxylic acids is 2. The first-order valence-corrected chi connectivity index (χ1v) is 8.73. The van der Waals surface area contributed by atoms with E-state index in [1.54, 1.807) is 23.0 Å². The van der Waals surface area contributed by atoms with E-state index in [0.717, 1.165) is 16.7 Å². The summed E-state index contributed by atoms with van der Waals surface area (Å²) in [6, 6.07) is 17.2. The van der Waals surface area contributed by atoms with Crippen LogP contribution < -0.4 is 5.32 Å². The van der Waals surface area contributed by atoms with Gasteiger partial charge in [0, 0.05) is 17.9 Å². The molecule has 0 radical (unpaired) electrons. The second kappa shape index (κ2) is 7.07. The van der Waals surface area contributed by atoms with Crippen LogP contribution in [0.5, 0.6) is 0 Å². The zero-order chi connectivity index (χ0) is 18.8. The van der Waals surface area contributed by atoms with Gasteiger partial charge in [-0.15, -0.1) is 0 Å². The van der Waals surface area contributed by atoms with Gasteiger partial charge in [-0.1, -0.05) is 42.5 Å². The Bertz CT molecular complexity index is 995. The lowest BCUT2D eigenvalue weighted by molar-refractivity contribution is -0.116. The number of benzene rings is 2. The lowest BCUT2D eigenvalue weighted by Gasteiger charge is -2.24. The highest BCUT2D eigenvalue weighted by Gasteiger charge is 2.30. The summed E-state index contributed by atoms with van der Waals surface area (Å²) >= 11 is 0. The summed E-state index contributed by atoms with van der Waals surface area (Å²) in [5, 5.41) is 7.43. The van der Waals surface area contributed by atoms with Crippen LogP contribution in [0.4, 0.5) is 5.82 Å². The molecular formula is C21H19N3O3. The summed E-state index contributed by atoms with van der Waals surface area (Å²) in [7, 11) is 1.36. The molecule has 1 aliphatic heterocycles. The van der Waals surface area contributed by atoms with Crippen LogP contribution in [0.2, 0.25) is 0 Å². The lowest BCUT2D eigenvalue weighted by atomic mass is 9.86. The highest BCUT2D eigenvalue weighted by molar-refractivity contribution is 5.94. The maximum atomic E-state index is 12.3. The van der Waals surface area contributed by atoms with E-state index in [4.69, 9.17) is 4.74 Å². The van der Waals surface area contributed by atoms with E-state index in [0.29, 0.717) is 24.3 Å². The Balaban J connectivity index is 1.70. The number of esters is 1. The number of anilines is 1. The minimum atomic E-state index is -0.392. The Hall–Kier alpha value is -3.41. The first-order valence-electron chi connectivity index (χ1n) is 8.73. The van der Waals surface area contributed by atoms with Gasteiger partial charge < -0.3 is 10.1 Å². The topological polar surface area (TPSA) is 73.2 Å². The number of rotatable bonds is 4. The molecule has 0 saturated carbocycles. The molecule has 4 rings (SSSR count). The summed E-state index contributed by atoms with van der Waals surface area (Å²) in [6.45, 7) is 0.575. The molecule has 1 N–H and O–H groups in total. The first-order chi connectivity index (χ1) is 13.2. The van der Waals surface area contributed by atoms with E-state index in [9.17, 15) is 9.59 Å². The van der Waals surface area contributed by atoms with Crippen LogP contribution in [-0.2, 0) is 16.1 Å². The lowest BCUT2D eigenvalue weighted by Crippen LogP contribution is -2.25. The Morgan fingerprint density at radius 1 is 1.22 bits per heavy atom. The third-order valence-corrected chi connectivity index (χ3v) is 4.78. The Kier molecular flexibility index (Phi) is 4.46. The predicted octanol–water partition coefficient (Wildman–Crippen LogP) is 3.19. The number of carbonyl (C=O) groups is 2. The molecule has 2 heterocycles. The van der Waals surface area contributed by atoms with Crippen molar-refractivity contribution >= 4 is 17.7 Å². The zero-order valence-corrected chi connectivity index (χ0v) is 14.9. The van der Waals surface area contributed by atoms with Gasteiger partial charge >= 0.3 is 5.97 Å². The SMILES string of the molecule is COC(=O)c1cccc([C@@H]2CC(=O)Nc3c2cnn3Cc2ccccc2)c1. The fraction of sp³-hybridized carbons (Fsp3) is 0.190. The van der Waals surface area contributed by atoms with Gasteiger partial charge in [0.2, 0.25) is 5.91 Å². The first kappa shape index (κ1) is 17.0. The fourth-order valence-electron chi connectivity index (χ4n) is 3.44. The van der Waals surface area contributed by atoms with E-state index in [1.807, 2.05) is 42.5 Å². The summed E-state index contributed by atoms with van der Waals surface area (Å²) < 4.78 is 6.61. The number of amides is 1. The van der Waals surface area contributed by atoms with Crippen molar-refractivity contribution in [1.29, 1.82) is 0 Å². The minimum Gasteiger partial charge on any atom is -0.465 e. The number of hydrogen-bond donors (Lipinski definition) is 1. The van der Waals surface area contributed by atoms with Crippen LogP contribution in [-0.4, -0.2) is 28.8 Å². The van der Waals surface area contributed by atoms with Gasteiger partial charge in [0.1, 0.15) is 5.82 Å². The van der Waals surface area contributed by atoms with Gasteiger partial charge in [-0.2, -0.15) is 5.10 Å². The van der Waals surface area contributed by atoms with Crippen LogP contribution >= 0.6 is 0 Å². The number of methoxy groups -OCH3 is 1. The Morgan fingerprint density at radius 3 is 2.81 bits per heavy atom. The highest BCUT2D eigenvalue weighted by Crippen LogP contribution is 2.37. The molecule has 1 aromatic heterocycles. The summed E-state index contributed by atoms with van der Waals surface area (Å²) in [5.74, 6) is 0.106. The maximum absolute atomic E-state index is 12.3. The molecule has 1 atom stereocenters. The summed E-state index contributed by atoms with van der Waals surface area (Å²) in [5.41, 5.74) is 3.42. The molecule has 0 bridgehead atoms. The quantitative estimate of drug-likeness (QED) is 0.725. The number of hydrogen-bond acceptors (Lipinski definition) is 4. The van der Waals surface area contributed by atoms with Gasteiger partial charge in [-0.25, -0.2) is 9.48 Å². The molecule has 136 valence electrons. The standard InChI is InChI=1S/C21H19N3O3/c1-27-21(26)16-9-5-8-15(10-16)17-11-19(25)23-20-18(17)12-22-24(20)13-14-6-3-2-4-7-14/h2-10,12,17H,11,13H2,1H3,(H,23,25)/t17-/m0/s1. The number of nitrogens with one attached hydrogen (secondary N) is 1. The van der Waals surface area contributed by atoms with Crippen LogP contribution in [0.3, 0.4) is 0 Å². The number of fused-ring (bicyclic) bond motifs is 1. The van der Waals surface area contributed by atoms with Crippen molar-refractivity contribution in [1.82, 2.24) is 9.78 Å². The van der Waals surface area contributed by atoms with Crippen molar-refractivity contribution in [3.05, 3.63) is 83.0 Å². The van der Waals surface area contributed by atoms with Gasteiger partial charge in [0.25, 0.3) is 0 Å².